The summed E-state index contributed by atoms with van der Waals surface area (Å²) in [5.74, 6) is -0.468. The van der Waals surface area contributed by atoms with Gasteiger partial charge < -0.3 is 9.47 Å². The van der Waals surface area contributed by atoms with Gasteiger partial charge in [-0.25, -0.2) is 9.59 Å². The van der Waals surface area contributed by atoms with Crippen LogP contribution in [0.3, 0.4) is 0 Å². The number of allylic oxidation sites excluding steroid dienone is 2. The maximum atomic E-state index is 10.8. The maximum absolute atomic E-state index is 10.8. The quantitative estimate of drug-likeness (QED) is 0.336. The molecule has 4 nitrogen and oxygen atoms in total. The number of hydrogen-bond donors (Lipinski definition) is 0. The molecule has 0 rings (SSSR count). The number of ether oxygens (including phenoxy) is 2. The van der Waals surface area contributed by atoms with Gasteiger partial charge in [0.25, 0.3) is 0 Å². The number of rotatable bonds is 10. The van der Waals surface area contributed by atoms with Gasteiger partial charge in [-0.2, -0.15) is 0 Å². The van der Waals surface area contributed by atoms with Gasteiger partial charge in [0.2, 0.25) is 0 Å². The lowest BCUT2D eigenvalue weighted by molar-refractivity contribution is -0.138. The third-order valence-corrected chi connectivity index (χ3v) is 2.59. The molecule has 0 saturated carbocycles. The lowest BCUT2D eigenvalue weighted by Crippen LogP contribution is -2.01. The summed E-state index contributed by atoms with van der Waals surface area (Å²) in [5.41, 5.74) is 0. The topological polar surface area (TPSA) is 52.6 Å². The van der Waals surface area contributed by atoms with Crippen LogP contribution in [0, 0.1) is 0 Å². The Morgan fingerprint density at radius 2 is 1.18 bits per heavy atom. The Morgan fingerprint density at radius 3 is 1.59 bits per heavy atom. The van der Waals surface area contributed by atoms with Crippen LogP contribution in [0.2, 0.25) is 0 Å². The molecule has 0 heterocycles. The minimum absolute atomic E-state index is 0.228. The molecule has 0 aliphatic rings. The molecule has 0 saturated heterocycles. The molecule has 0 spiro atoms. The number of hydrogen-bond acceptors (Lipinski definition) is 4. The zero-order chi connectivity index (χ0) is 17.1. The van der Waals surface area contributed by atoms with Crippen molar-refractivity contribution in [3.63, 3.8) is 0 Å². The minimum Gasteiger partial charge on any atom is -0.463 e. The third-order valence-electron chi connectivity index (χ3n) is 2.59. The van der Waals surface area contributed by atoms with Gasteiger partial charge in [0.15, 0.2) is 0 Å². The summed E-state index contributed by atoms with van der Waals surface area (Å²) in [7, 11) is 0. The van der Waals surface area contributed by atoms with E-state index in [1.165, 1.54) is 25.0 Å². The summed E-state index contributed by atoms with van der Waals surface area (Å²) in [5, 5.41) is 0. The number of carbonyl (C=O) groups excluding carboxylic acids is 2. The van der Waals surface area contributed by atoms with Crippen LogP contribution in [-0.2, 0) is 19.1 Å². The molecule has 128 valence electrons. The monoisotopic (exact) mass is 312 g/mol. The molecule has 0 fully saturated rings. The van der Waals surface area contributed by atoms with Crippen LogP contribution < -0.4 is 0 Å². The molecule has 0 aliphatic carbocycles. The molecule has 0 amide bonds. The van der Waals surface area contributed by atoms with Crippen LogP contribution in [0.1, 0.15) is 66.2 Å². The van der Waals surface area contributed by atoms with Gasteiger partial charge >= 0.3 is 11.9 Å². The number of carbonyl (C=O) groups is 2. The van der Waals surface area contributed by atoms with Crippen molar-refractivity contribution in [2.45, 2.75) is 66.2 Å². The maximum Gasteiger partial charge on any atom is 0.330 e. The molecule has 0 aromatic rings. The summed E-state index contributed by atoms with van der Waals surface area (Å²) >= 11 is 0. The molecule has 4 heteroatoms. The summed E-state index contributed by atoms with van der Waals surface area (Å²) < 4.78 is 9.70. The summed E-state index contributed by atoms with van der Waals surface area (Å²) in [6.45, 7) is 8.91. The molecule has 0 bridgehead atoms. The van der Waals surface area contributed by atoms with Crippen molar-refractivity contribution in [1.82, 2.24) is 0 Å². The van der Waals surface area contributed by atoms with Crippen LogP contribution in [0.4, 0.5) is 0 Å². The molecule has 0 aromatic carbocycles. The molecular weight excluding hydrogens is 280 g/mol. The molecule has 0 atom stereocenters. The highest BCUT2D eigenvalue weighted by molar-refractivity contribution is 5.82. The van der Waals surface area contributed by atoms with Crippen LogP contribution in [0.25, 0.3) is 0 Å². The first kappa shape index (κ1) is 22.7. The van der Waals surface area contributed by atoms with E-state index in [1.807, 2.05) is 0 Å². The van der Waals surface area contributed by atoms with Gasteiger partial charge in [-0.3, -0.25) is 0 Å². The van der Waals surface area contributed by atoms with Crippen molar-refractivity contribution in [2.24, 2.45) is 0 Å². The van der Waals surface area contributed by atoms with Crippen LogP contribution in [0.5, 0.6) is 0 Å². The predicted molar refractivity (Wildman–Crippen MR) is 90.6 cm³/mol. The van der Waals surface area contributed by atoms with Crippen molar-refractivity contribution in [3.05, 3.63) is 24.3 Å². The largest absolute Gasteiger partial charge is 0.463 e. The molecule has 0 N–H and O–H groups in total. The zero-order valence-corrected chi connectivity index (χ0v) is 14.6. The van der Waals surface area contributed by atoms with E-state index in [0.29, 0.717) is 13.2 Å². The fraction of sp³-hybridized carbons (Fsp3) is 0.667. The second-order valence-corrected chi connectivity index (χ2v) is 4.75. The first-order valence-corrected chi connectivity index (χ1v) is 8.21. The van der Waals surface area contributed by atoms with E-state index in [1.54, 1.807) is 26.0 Å². The predicted octanol–water partition coefficient (Wildman–Crippen LogP) is 4.59. The van der Waals surface area contributed by atoms with E-state index in [-0.39, 0.29) is 11.9 Å². The average molecular weight is 312 g/mol. The highest BCUT2D eigenvalue weighted by atomic mass is 16.5. The molecule has 0 unspecified atom stereocenters. The first-order chi connectivity index (χ1) is 10.6. The number of unbranched alkanes of at least 4 members (excludes halogenated alkanes) is 4. The van der Waals surface area contributed by atoms with Gasteiger partial charge in [0.05, 0.1) is 13.2 Å². The molecule has 0 aromatic heterocycles. The van der Waals surface area contributed by atoms with E-state index in [4.69, 9.17) is 9.47 Å². The van der Waals surface area contributed by atoms with Gasteiger partial charge in [0, 0.05) is 12.2 Å². The smallest absolute Gasteiger partial charge is 0.330 e. The van der Waals surface area contributed by atoms with Gasteiger partial charge in [0.1, 0.15) is 0 Å². The van der Waals surface area contributed by atoms with Crippen molar-refractivity contribution in [2.75, 3.05) is 13.2 Å². The van der Waals surface area contributed by atoms with Crippen molar-refractivity contribution in [3.8, 4) is 0 Å². The SMILES string of the molecule is C/C=C/C(=O)OCCCC.C/C=C/C(=O)OCCCCCC. The Morgan fingerprint density at radius 1 is 0.727 bits per heavy atom. The lowest BCUT2D eigenvalue weighted by Gasteiger charge is -2.00. The van der Waals surface area contributed by atoms with Gasteiger partial charge in [-0.05, 0) is 26.7 Å². The van der Waals surface area contributed by atoms with E-state index < -0.39 is 0 Å². The highest BCUT2D eigenvalue weighted by Crippen LogP contribution is 1.98. The van der Waals surface area contributed by atoms with Crippen LogP contribution in [0.15, 0.2) is 24.3 Å². The summed E-state index contributed by atoms with van der Waals surface area (Å²) in [6.07, 6.45) is 12.8. The molecule has 0 radical (unpaired) electrons. The standard InChI is InChI=1S/C10H18O2.C8H14O2/c1-3-5-6-7-9-12-10(11)8-4-2;1-3-5-7-10-8(9)6-4-2/h4,8H,3,5-7,9H2,1-2H3;4,6H,3,5,7H2,1-2H3/b8-4+;6-4+. The third kappa shape index (κ3) is 20.7. The van der Waals surface area contributed by atoms with E-state index in [9.17, 15) is 9.59 Å². The fourth-order valence-corrected chi connectivity index (χ4v) is 1.39. The second kappa shape index (κ2) is 19.4. The Hall–Kier alpha value is -1.58. The average Bonchev–Trinajstić information content (AvgIpc) is 2.48. The van der Waals surface area contributed by atoms with Crippen LogP contribution in [-0.4, -0.2) is 25.2 Å². The Kier molecular flexibility index (Phi) is 20.0. The highest BCUT2D eigenvalue weighted by Gasteiger charge is 1.94. The molecule has 22 heavy (non-hydrogen) atoms. The van der Waals surface area contributed by atoms with Crippen molar-refractivity contribution >= 4 is 11.9 Å². The minimum atomic E-state index is -0.240. The Balaban J connectivity index is 0. The lowest BCUT2D eigenvalue weighted by atomic mass is 10.2. The van der Waals surface area contributed by atoms with Gasteiger partial charge in [-0.15, -0.1) is 0 Å². The van der Waals surface area contributed by atoms with E-state index in [2.05, 4.69) is 13.8 Å². The molecule has 0 aliphatic heterocycles. The van der Waals surface area contributed by atoms with Crippen molar-refractivity contribution < 1.29 is 19.1 Å². The van der Waals surface area contributed by atoms with E-state index in [0.717, 1.165) is 25.7 Å². The number of esters is 2. The second-order valence-electron chi connectivity index (χ2n) is 4.75. The van der Waals surface area contributed by atoms with E-state index >= 15 is 0 Å². The Bertz CT molecular complexity index is 319. The summed E-state index contributed by atoms with van der Waals surface area (Å²) in [6, 6.07) is 0. The normalized spacial score (nSPS) is 10.4. The van der Waals surface area contributed by atoms with Crippen LogP contribution >= 0.6 is 0 Å². The fourth-order valence-electron chi connectivity index (χ4n) is 1.39. The first-order valence-electron chi connectivity index (χ1n) is 8.21. The van der Waals surface area contributed by atoms with Gasteiger partial charge in [-0.1, -0.05) is 51.7 Å². The molecular formula is C18H32O4. The Labute approximate surface area is 135 Å². The zero-order valence-electron chi connectivity index (χ0n) is 14.6. The summed E-state index contributed by atoms with van der Waals surface area (Å²) in [4.78, 5) is 21.4. The van der Waals surface area contributed by atoms with Crippen molar-refractivity contribution in [1.29, 1.82) is 0 Å².